The first-order chi connectivity index (χ1) is 14.0. The fourth-order valence-corrected chi connectivity index (χ4v) is 4.25. The van der Waals surface area contributed by atoms with Crippen LogP contribution in [0, 0.1) is 11.7 Å². The number of benzene rings is 3. The van der Waals surface area contributed by atoms with Crippen LogP contribution < -0.4 is 15.0 Å². The van der Waals surface area contributed by atoms with Gasteiger partial charge < -0.3 is 20.1 Å². The molecule has 148 valence electrons. The molecule has 0 aliphatic carbocycles. The number of ether oxygens (including phenoxy) is 1. The SMILES string of the molecule is O=C1COc2c(cc(Cl)c(-c3cc(O)cc4ccccc34)c2F)N1CC1CNC1. The zero-order valence-electron chi connectivity index (χ0n) is 15.4. The maximum Gasteiger partial charge on any atom is 0.265 e. The molecule has 0 radical (unpaired) electrons. The Hall–Kier alpha value is -2.83. The highest BCUT2D eigenvalue weighted by Crippen LogP contribution is 2.46. The molecule has 3 aromatic carbocycles. The van der Waals surface area contributed by atoms with Crippen LogP contribution in [0.1, 0.15) is 0 Å². The van der Waals surface area contributed by atoms with E-state index in [2.05, 4.69) is 5.32 Å². The third-order valence-corrected chi connectivity index (χ3v) is 5.81. The van der Waals surface area contributed by atoms with Crippen LogP contribution in [0.3, 0.4) is 0 Å². The van der Waals surface area contributed by atoms with Crippen LogP contribution in [0.2, 0.25) is 5.02 Å². The summed E-state index contributed by atoms with van der Waals surface area (Å²) in [4.78, 5) is 14.0. The topological polar surface area (TPSA) is 61.8 Å². The van der Waals surface area contributed by atoms with Gasteiger partial charge in [0.1, 0.15) is 5.75 Å². The lowest BCUT2D eigenvalue weighted by Crippen LogP contribution is -2.51. The molecule has 2 N–H and O–H groups in total. The van der Waals surface area contributed by atoms with E-state index in [1.807, 2.05) is 24.3 Å². The predicted octanol–water partition coefficient (Wildman–Crippen LogP) is 3.95. The highest BCUT2D eigenvalue weighted by atomic mass is 35.5. The molecule has 1 amide bonds. The zero-order valence-corrected chi connectivity index (χ0v) is 16.2. The van der Waals surface area contributed by atoms with E-state index in [0.717, 1.165) is 23.9 Å². The molecule has 29 heavy (non-hydrogen) atoms. The number of halogens is 2. The molecular weight excluding hydrogens is 395 g/mol. The van der Waals surface area contributed by atoms with Crippen molar-refractivity contribution < 1.29 is 19.0 Å². The lowest BCUT2D eigenvalue weighted by Gasteiger charge is -2.36. The van der Waals surface area contributed by atoms with Crippen molar-refractivity contribution >= 4 is 34.0 Å². The molecule has 1 fully saturated rings. The van der Waals surface area contributed by atoms with E-state index in [0.29, 0.717) is 23.7 Å². The normalized spacial score (nSPS) is 16.5. The Morgan fingerprint density at radius 1 is 1.24 bits per heavy atom. The zero-order chi connectivity index (χ0) is 20.1. The fourth-order valence-electron chi connectivity index (χ4n) is 3.96. The molecular formula is C22H18ClFN2O3. The van der Waals surface area contributed by atoms with Crippen LogP contribution in [0.25, 0.3) is 21.9 Å². The highest BCUT2D eigenvalue weighted by Gasteiger charge is 2.34. The Morgan fingerprint density at radius 3 is 2.79 bits per heavy atom. The number of phenols is 1. The van der Waals surface area contributed by atoms with Gasteiger partial charge in [0, 0.05) is 31.1 Å². The van der Waals surface area contributed by atoms with Crippen molar-refractivity contribution in [3.8, 4) is 22.6 Å². The molecule has 1 saturated heterocycles. The number of carbonyl (C=O) groups is 1. The Bertz CT molecular complexity index is 1150. The number of anilines is 1. The largest absolute Gasteiger partial charge is 0.508 e. The van der Waals surface area contributed by atoms with Crippen molar-refractivity contribution in [1.82, 2.24) is 5.32 Å². The number of amides is 1. The minimum Gasteiger partial charge on any atom is -0.508 e. The van der Waals surface area contributed by atoms with Crippen molar-refractivity contribution in [3.05, 3.63) is 53.3 Å². The molecule has 0 spiro atoms. The Morgan fingerprint density at radius 2 is 2.03 bits per heavy atom. The summed E-state index contributed by atoms with van der Waals surface area (Å²) in [6.45, 7) is 1.92. The lowest BCUT2D eigenvalue weighted by molar-refractivity contribution is -0.121. The predicted molar refractivity (Wildman–Crippen MR) is 110 cm³/mol. The van der Waals surface area contributed by atoms with E-state index < -0.39 is 5.82 Å². The molecule has 5 nitrogen and oxygen atoms in total. The average Bonchev–Trinajstić information content (AvgIpc) is 2.65. The van der Waals surface area contributed by atoms with Gasteiger partial charge in [-0.1, -0.05) is 35.9 Å². The van der Waals surface area contributed by atoms with Crippen molar-refractivity contribution in [1.29, 1.82) is 0 Å². The standard InChI is InChI=1S/C22H18ClFN2O3/c23-17-7-18-22(29-11-19(28)26(18)10-12-8-25-9-12)21(24)20(17)16-6-14(27)5-13-3-1-2-4-15(13)16/h1-7,12,25,27H,8-11H2. The van der Waals surface area contributed by atoms with Crippen LogP contribution in [0.5, 0.6) is 11.5 Å². The quantitative estimate of drug-likeness (QED) is 0.683. The lowest BCUT2D eigenvalue weighted by atomic mass is 9.96. The first-order valence-electron chi connectivity index (χ1n) is 9.41. The molecule has 7 heteroatoms. The molecule has 3 aromatic rings. The second-order valence-corrected chi connectivity index (χ2v) is 7.83. The van der Waals surface area contributed by atoms with Gasteiger partial charge in [-0.25, -0.2) is 4.39 Å². The minimum atomic E-state index is -0.632. The number of fused-ring (bicyclic) bond motifs is 2. The molecule has 0 saturated carbocycles. The molecule has 0 unspecified atom stereocenters. The maximum atomic E-state index is 15.7. The van der Waals surface area contributed by atoms with Crippen molar-refractivity contribution in [2.24, 2.45) is 5.92 Å². The number of carbonyl (C=O) groups excluding carboxylic acids is 1. The number of rotatable bonds is 3. The number of nitrogens with zero attached hydrogens (tertiary/aromatic N) is 1. The number of nitrogens with one attached hydrogen (secondary N) is 1. The number of hydrogen-bond donors (Lipinski definition) is 2. The molecule has 0 bridgehead atoms. The minimum absolute atomic E-state index is 0.0158. The summed E-state index contributed by atoms with van der Waals surface area (Å²) in [5.74, 6) is -0.491. The second kappa shape index (κ2) is 6.90. The van der Waals surface area contributed by atoms with Crippen molar-refractivity contribution in [2.45, 2.75) is 0 Å². The van der Waals surface area contributed by atoms with Gasteiger partial charge in [0.15, 0.2) is 18.2 Å². The third kappa shape index (κ3) is 2.99. The summed E-state index contributed by atoms with van der Waals surface area (Å²) in [7, 11) is 0. The number of hydrogen-bond acceptors (Lipinski definition) is 4. The Labute approximate surface area is 171 Å². The molecule has 2 heterocycles. The first-order valence-corrected chi connectivity index (χ1v) is 9.78. The van der Waals surface area contributed by atoms with Crippen LogP contribution in [0.15, 0.2) is 42.5 Å². The Balaban J connectivity index is 1.68. The summed E-state index contributed by atoms with van der Waals surface area (Å²) in [6, 6.07) is 12.1. The first kappa shape index (κ1) is 18.2. The average molecular weight is 413 g/mol. The van der Waals surface area contributed by atoms with Gasteiger partial charge in [0.05, 0.1) is 10.7 Å². The van der Waals surface area contributed by atoms with E-state index in [1.165, 1.54) is 6.07 Å². The number of aromatic hydroxyl groups is 1. The molecule has 0 aromatic heterocycles. The fraction of sp³-hybridized carbons (Fsp3) is 0.227. The van der Waals surface area contributed by atoms with Gasteiger partial charge in [-0.3, -0.25) is 4.79 Å². The summed E-state index contributed by atoms with van der Waals surface area (Å²) in [5.41, 5.74) is 0.974. The number of phenolic OH excluding ortho intramolecular Hbond substituents is 1. The van der Waals surface area contributed by atoms with Crippen LogP contribution in [-0.4, -0.2) is 37.3 Å². The van der Waals surface area contributed by atoms with E-state index in [1.54, 1.807) is 17.0 Å². The monoisotopic (exact) mass is 412 g/mol. The summed E-state index contributed by atoms with van der Waals surface area (Å²) in [6.07, 6.45) is 0. The van der Waals surface area contributed by atoms with Gasteiger partial charge in [0.25, 0.3) is 5.91 Å². The van der Waals surface area contributed by atoms with Gasteiger partial charge in [-0.15, -0.1) is 0 Å². The van der Waals surface area contributed by atoms with Gasteiger partial charge in [-0.05, 0) is 34.5 Å². The van der Waals surface area contributed by atoms with Gasteiger partial charge in [-0.2, -0.15) is 0 Å². The van der Waals surface area contributed by atoms with E-state index in [4.69, 9.17) is 16.3 Å². The van der Waals surface area contributed by atoms with Crippen LogP contribution in [0.4, 0.5) is 10.1 Å². The van der Waals surface area contributed by atoms with Crippen molar-refractivity contribution in [2.75, 3.05) is 31.1 Å². The van der Waals surface area contributed by atoms with Gasteiger partial charge >= 0.3 is 0 Å². The smallest absolute Gasteiger partial charge is 0.265 e. The van der Waals surface area contributed by atoms with Crippen LogP contribution in [-0.2, 0) is 4.79 Å². The molecule has 5 rings (SSSR count). The maximum absolute atomic E-state index is 15.7. The highest BCUT2D eigenvalue weighted by molar-refractivity contribution is 6.34. The van der Waals surface area contributed by atoms with E-state index in [-0.39, 0.29) is 34.6 Å². The summed E-state index contributed by atoms with van der Waals surface area (Å²) >= 11 is 6.52. The van der Waals surface area contributed by atoms with Gasteiger partial charge in [0.2, 0.25) is 0 Å². The van der Waals surface area contributed by atoms with E-state index in [9.17, 15) is 9.90 Å². The van der Waals surface area contributed by atoms with Crippen molar-refractivity contribution in [3.63, 3.8) is 0 Å². The third-order valence-electron chi connectivity index (χ3n) is 5.51. The molecule has 0 atom stereocenters. The summed E-state index contributed by atoms with van der Waals surface area (Å²) in [5, 5.41) is 15.0. The molecule has 2 aliphatic heterocycles. The molecule has 2 aliphatic rings. The van der Waals surface area contributed by atoms with Crippen LogP contribution >= 0.6 is 11.6 Å². The Kier molecular flexibility index (Phi) is 4.33. The van der Waals surface area contributed by atoms with E-state index >= 15 is 4.39 Å². The second-order valence-electron chi connectivity index (χ2n) is 7.43. The summed E-state index contributed by atoms with van der Waals surface area (Å²) < 4.78 is 21.1.